The van der Waals surface area contributed by atoms with Crippen molar-refractivity contribution in [3.8, 4) is 0 Å². The Morgan fingerprint density at radius 3 is 2.79 bits per heavy atom. The van der Waals surface area contributed by atoms with Crippen LogP contribution < -0.4 is 5.32 Å². The summed E-state index contributed by atoms with van der Waals surface area (Å²) in [4.78, 5) is 4.26. The zero-order valence-corrected chi connectivity index (χ0v) is 12.3. The standard InChI is InChI=1S/C17H28N2/c1-2-10-18-14-17-9-5-3-4-8-16(17)12-15-7-6-11-19-13-15/h6-7,11,13,16-18H,2-5,8-10,12,14H2,1H3. The van der Waals surface area contributed by atoms with Crippen molar-refractivity contribution in [1.82, 2.24) is 10.3 Å². The average molecular weight is 260 g/mol. The van der Waals surface area contributed by atoms with Crippen LogP contribution in [-0.4, -0.2) is 18.1 Å². The number of aromatic nitrogens is 1. The molecule has 1 saturated carbocycles. The van der Waals surface area contributed by atoms with Gasteiger partial charge in [-0.1, -0.05) is 32.3 Å². The third-order valence-electron chi connectivity index (χ3n) is 4.37. The van der Waals surface area contributed by atoms with Crippen LogP contribution in [0.2, 0.25) is 0 Å². The van der Waals surface area contributed by atoms with Crippen LogP contribution in [0.15, 0.2) is 24.5 Å². The van der Waals surface area contributed by atoms with Crippen LogP contribution in [0.3, 0.4) is 0 Å². The van der Waals surface area contributed by atoms with E-state index in [0.29, 0.717) is 0 Å². The number of nitrogens with zero attached hydrogens (tertiary/aromatic N) is 1. The normalized spacial score (nSPS) is 24.1. The van der Waals surface area contributed by atoms with E-state index in [1.54, 1.807) is 0 Å². The maximum atomic E-state index is 4.26. The second-order valence-corrected chi connectivity index (χ2v) is 5.93. The molecule has 0 amide bonds. The highest BCUT2D eigenvalue weighted by molar-refractivity contribution is 5.09. The number of hydrogen-bond acceptors (Lipinski definition) is 2. The molecule has 2 rings (SSSR count). The van der Waals surface area contributed by atoms with Crippen molar-refractivity contribution in [3.63, 3.8) is 0 Å². The lowest BCUT2D eigenvalue weighted by Crippen LogP contribution is -2.29. The van der Waals surface area contributed by atoms with Crippen molar-refractivity contribution in [2.45, 2.75) is 51.9 Å². The van der Waals surface area contributed by atoms with E-state index in [-0.39, 0.29) is 0 Å². The number of pyridine rings is 1. The minimum Gasteiger partial charge on any atom is -0.316 e. The highest BCUT2D eigenvalue weighted by atomic mass is 14.9. The molecule has 1 aromatic rings. The molecule has 1 aliphatic carbocycles. The molecule has 19 heavy (non-hydrogen) atoms. The van der Waals surface area contributed by atoms with Crippen LogP contribution in [0, 0.1) is 11.8 Å². The fourth-order valence-electron chi connectivity index (χ4n) is 3.28. The smallest absolute Gasteiger partial charge is 0.0299 e. The summed E-state index contributed by atoms with van der Waals surface area (Å²) in [6.45, 7) is 4.61. The highest BCUT2D eigenvalue weighted by Gasteiger charge is 2.23. The summed E-state index contributed by atoms with van der Waals surface area (Å²) in [7, 11) is 0. The number of rotatable bonds is 6. The molecule has 0 bridgehead atoms. The van der Waals surface area contributed by atoms with E-state index in [0.717, 1.165) is 18.4 Å². The van der Waals surface area contributed by atoms with Crippen LogP contribution in [0.4, 0.5) is 0 Å². The molecule has 0 aliphatic heterocycles. The first-order chi connectivity index (χ1) is 9.40. The predicted molar refractivity (Wildman–Crippen MR) is 81.2 cm³/mol. The molecule has 2 unspecified atom stereocenters. The fraction of sp³-hybridized carbons (Fsp3) is 0.706. The zero-order valence-electron chi connectivity index (χ0n) is 12.3. The van der Waals surface area contributed by atoms with E-state index in [4.69, 9.17) is 0 Å². The van der Waals surface area contributed by atoms with E-state index in [9.17, 15) is 0 Å². The van der Waals surface area contributed by atoms with Crippen LogP contribution in [0.25, 0.3) is 0 Å². The summed E-state index contributed by atoms with van der Waals surface area (Å²) in [5, 5.41) is 3.63. The molecule has 0 aromatic carbocycles. The van der Waals surface area contributed by atoms with Gasteiger partial charge in [-0.05, 0) is 62.2 Å². The molecule has 1 fully saturated rings. The summed E-state index contributed by atoms with van der Waals surface area (Å²) < 4.78 is 0. The number of hydrogen-bond donors (Lipinski definition) is 1. The van der Waals surface area contributed by atoms with Crippen molar-refractivity contribution in [3.05, 3.63) is 30.1 Å². The van der Waals surface area contributed by atoms with Crippen LogP contribution in [-0.2, 0) is 6.42 Å². The largest absolute Gasteiger partial charge is 0.316 e. The Morgan fingerprint density at radius 2 is 2.05 bits per heavy atom. The summed E-state index contributed by atoms with van der Waals surface area (Å²) in [5.74, 6) is 1.70. The van der Waals surface area contributed by atoms with E-state index in [1.807, 2.05) is 12.4 Å². The Hall–Kier alpha value is -0.890. The third-order valence-corrected chi connectivity index (χ3v) is 4.37. The quantitative estimate of drug-likeness (QED) is 0.621. The molecule has 0 saturated heterocycles. The lowest BCUT2D eigenvalue weighted by molar-refractivity contribution is 0.298. The van der Waals surface area contributed by atoms with E-state index in [1.165, 1.54) is 57.1 Å². The molecule has 1 N–H and O–H groups in total. The van der Waals surface area contributed by atoms with E-state index < -0.39 is 0 Å². The maximum Gasteiger partial charge on any atom is 0.0299 e. The highest BCUT2D eigenvalue weighted by Crippen LogP contribution is 2.31. The van der Waals surface area contributed by atoms with Gasteiger partial charge in [0.25, 0.3) is 0 Å². The molecule has 1 heterocycles. The monoisotopic (exact) mass is 260 g/mol. The van der Waals surface area contributed by atoms with Crippen molar-refractivity contribution in [1.29, 1.82) is 0 Å². The van der Waals surface area contributed by atoms with Gasteiger partial charge in [0, 0.05) is 12.4 Å². The Labute approximate surface area is 118 Å². The van der Waals surface area contributed by atoms with Gasteiger partial charge < -0.3 is 5.32 Å². The molecular formula is C17H28N2. The van der Waals surface area contributed by atoms with Gasteiger partial charge in [0.05, 0.1) is 0 Å². The Morgan fingerprint density at radius 1 is 1.21 bits per heavy atom. The van der Waals surface area contributed by atoms with E-state index >= 15 is 0 Å². The zero-order chi connectivity index (χ0) is 13.3. The van der Waals surface area contributed by atoms with Crippen LogP contribution >= 0.6 is 0 Å². The number of nitrogens with one attached hydrogen (secondary N) is 1. The van der Waals surface area contributed by atoms with Crippen LogP contribution in [0.5, 0.6) is 0 Å². The van der Waals surface area contributed by atoms with Gasteiger partial charge in [0.2, 0.25) is 0 Å². The molecular weight excluding hydrogens is 232 g/mol. The molecule has 0 spiro atoms. The molecule has 0 radical (unpaired) electrons. The molecule has 106 valence electrons. The second kappa shape index (κ2) is 8.31. The Balaban J connectivity index is 1.92. The first kappa shape index (κ1) is 14.5. The molecule has 1 aliphatic rings. The molecule has 2 heteroatoms. The van der Waals surface area contributed by atoms with Crippen molar-refractivity contribution in [2.75, 3.05) is 13.1 Å². The lowest BCUT2D eigenvalue weighted by atomic mass is 9.83. The SMILES string of the molecule is CCCNCC1CCCCCC1Cc1cccnc1. The van der Waals surface area contributed by atoms with Crippen molar-refractivity contribution < 1.29 is 0 Å². The summed E-state index contributed by atoms with van der Waals surface area (Å²) in [6.07, 6.45) is 13.4. The van der Waals surface area contributed by atoms with Gasteiger partial charge in [0.1, 0.15) is 0 Å². The van der Waals surface area contributed by atoms with Gasteiger partial charge >= 0.3 is 0 Å². The summed E-state index contributed by atoms with van der Waals surface area (Å²) in [6, 6.07) is 4.30. The summed E-state index contributed by atoms with van der Waals surface area (Å²) >= 11 is 0. The van der Waals surface area contributed by atoms with Gasteiger partial charge in [-0.25, -0.2) is 0 Å². The first-order valence-electron chi connectivity index (χ1n) is 7.99. The topological polar surface area (TPSA) is 24.9 Å². The fourth-order valence-corrected chi connectivity index (χ4v) is 3.28. The average Bonchev–Trinajstić information content (AvgIpc) is 2.66. The van der Waals surface area contributed by atoms with Crippen LogP contribution in [0.1, 0.15) is 51.0 Å². The second-order valence-electron chi connectivity index (χ2n) is 5.93. The Kier molecular flexibility index (Phi) is 6.35. The van der Waals surface area contributed by atoms with Gasteiger partial charge in [-0.2, -0.15) is 0 Å². The van der Waals surface area contributed by atoms with Gasteiger partial charge in [0.15, 0.2) is 0 Å². The lowest BCUT2D eigenvalue weighted by Gasteiger charge is -2.25. The van der Waals surface area contributed by atoms with Gasteiger partial charge in [-0.15, -0.1) is 0 Å². The molecule has 1 aromatic heterocycles. The minimum atomic E-state index is 0.844. The first-order valence-corrected chi connectivity index (χ1v) is 7.99. The van der Waals surface area contributed by atoms with Crippen molar-refractivity contribution in [2.24, 2.45) is 11.8 Å². The maximum absolute atomic E-state index is 4.26. The predicted octanol–water partition coefficient (Wildman–Crippen LogP) is 3.82. The summed E-state index contributed by atoms with van der Waals surface area (Å²) in [5.41, 5.74) is 1.41. The molecule has 2 nitrogen and oxygen atoms in total. The Bertz CT molecular complexity index is 336. The minimum absolute atomic E-state index is 0.844. The van der Waals surface area contributed by atoms with Crippen molar-refractivity contribution >= 4 is 0 Å². The van der Waals surface area contributed by atoms with E-state index in [2.05, 4.69) is 29.4 Å². The third kappa shape index (κ3) is 4.94. The van der Waals surface area contributed by atoms with Gasteiger partial charge in [-0.3, -0.25) is 4.98 Å². The molecule has 2 atom stereocenters.